The van der Waals surface area contributed by atoms with Gasteiger partial charge in [-0.2, -0.15) is 0 Å². The average molecular weight is 478 g/mol. The standard InChI is InChI=1S/C15H12Br3NO2/c16-15(17,18)14(21-12-9-5-2-6-10-12)19-13(20)11-7-3-1-4-8-11/h1-10,14H,(H,19,20)/t14-/m1/s1. The van der Waals surface area contributed by atoms with Gasteiger partial charge in [-0.05, 0) is 24.3 Å². The third-order valence-corrected chi connectivity index (χ3v) is 3.84. The van der Waals surface area contributed by atoms with Crippen molar-refractivity contribution in [3.8, 4) is 5.75 Å². The number of para-hydroxylation sites is 1. The molecule has 3 nitrogen and oxygen atoms in total. The summed E-state index contributed by atoms with van der Waals surface area (Å²) in [5.41, 5.74) is 0.566. The number of nitrogens with one attached hydrogen (secondary N) is 1. The van der Waals surface area contributed by atoms with Gasteiger partial charge >= 0.3 is 0 Å². The van der Waals surface area contributed by atoms with Gasteiger partial charge in [0.05, 0.1) is 0 Å². The van der Waals surface area contributed by atoms with E-state index < -0.39 is 8.37 Å². The Morgan fingerprint density at radius 2 is 1.48 bits per heavy atom. The van der Waals surface area contributed by atoms with Crippen LogP contribution in [0.2, 0.25) is 0 Å². The van der Waals surface area contributed by atoms with E-state index in [4.69, 9.17) is 4.74 Å². The summed E-state index contributed by atoms with van der Waals surface area (Å²) in [4.78, 5) is 12.2. The highest BCUT2D eigenvalue weighted by Crippen LogP contribution is 2.38. The molecule has 0 aromatic heterocycles. The molecule has 0 fully saturated rings. The highest BCUT2D eigenvalue weighted by atomic mass is 80.0. The van der Waals surface area contributed by atoms with Crippen molar-refractivity contribution in [2.75, 3.05) is 0 Å². The smallest absolute Gasteiger partial charge is 0.254 e. The molecule has 0 aliphatic carbocycles. The highest BCUT2D eigenvalue weighted by molar-refractivity contribution is 9.39. The predicted octanol–water partition coefficient (Wildman–Crippen LogP) is 4.66. The Balaban J connectivity index is 2.12. The molecule has 1 atom stereocenters. The lowest BCUT2D eigenvalue weighted by molar-refractivity contribution is 0.0845. The number of hydrogen-bond acceptors (Lipinski definition) is 2. The Hall–Kier alpha value is -0.850. The Morgan fingerprint density at radius 1 is 0.952 bits per heavy atom. The molecule has 0 aliphatic heterocycles. The number of carbonyl (C=O) groups is 1. The van der Waals surface area contributed by atoms with E-state index >= 15 is 0 Å². The van der Waals surface area contributed by atoms with Gasteiger partial charge in [-0.15, -0.1) is 0 Å². The van der Waals surface area contributed by atoms with Gasteiger partial charge in [0.15, 0.2) is 2.14 Å². The molecule has 6 heteroatoms. The van der Waals surface area contributed by atoms with Crippen molar-refractivity contribution in [1.29, 1.82) is 0 Å². The molecule has 0 radical (unpaired) electrons. The maximum absolute atomic E-state index is 12.2. The zero-order valence-corrected chi connectivity index (χ0v) is 15.6. The van der Waals surface area contributed by atoms with Gasteiger partial charge < -0.3 is 10.1 Å². The lowest BCUT2D eigenvalue weighted by Crippen LogP contribution is -2.47. The minimum atomic E-state index is -0.784. The predicted molar refractivity (Wildman–Crippen MR) is 94.3 cm³/mol. The maximum Gasteiger partial charge on any atom is 0.254 e. The summed E-state index contributed by atoms with van der Waals surface area (Å²) >= 11 is 10.2. The van der Waals surface area contributed by atoms with Gasteiger partial charge in [-0.3, -0.25) is 4.79 Å². The summed E-state index contributed by atoms with van der Waals surface area (Å²) in [7, 11) is 0. The van der Waals surface area contributed by atoms with E-state index in [1.54, 1.807) is 12.1 Å². The topological polar surface area (TPSA) is 38.3 Å². The van der Waals surface area contributed by atoms with E-state index in [0.29, 0.717) is 11.3 Å². The molecule has 2 aromatic rings. The third-order valence-electron chi connectivity index (χ3n) is 2.59. The Morgan fingerprint density at radius 3 is 2.00 bits per heavy atom. The number of ether oxygens (including phenoxy) is 1. The minimum absolute atomic E-state index is 0.223. The molecule has 2 rings (SSSR count). The van der Waals surface area contributed by atoms with Crippen LogP contribution in [0.1, 0.15) is 10.4 Å². The number of benzene rings is 2. The van der Waals surface area contributed by atoms with E-state index in [9.17, 15) is 4.79 Å². The lowest BCUT2D eigenvalue weighted by atomic mass is 10.2. The summed E-state index contributed by atoms with van der Waals surface area (Å²) in [5, 5.41) is 2.82. The fraction of sp³-hybridized carbons (Fsp3) is 0.133. The van der Waals surface area contributed by atoms with Crippen LogP contribution in [0.4, 0.5) is 0 Å². The van der Waals surface area contributed by atoms with Crippen LogP contribution >= 0.6 is 47.8 Å². The molecule has 1 N–H and O–H groups in total. The van der Waals surface area contributed by atoms with E-state index in [1.807, 2.05) is 48.5 Å². The van der Waals surface area contributed by atoms with Gasteiger partial charge in [0.1, 0.15) is 5.75 Å². The largest absolute Gasteiger partial charge is 0.467 e. The Bertz CT molecular complexity index is 585. The first-order valence-electron chi connectivity index (χ1n) is 6.11. The van der Waals surface area contributed by atoms with Crippen LogP contribution in [0.5, 0.6) is 5.75 Å². The number of alkyl halides is 3. The average Bonchev–Trinajstić information content (AvgIpc) is 2.47. The summed E-state index contributed by atoms with van der Waals surface area (Å²) in [6.45, 7) is 0. The first-order chi connectivity index (χ1) is 9.97. The SMILES string of the molecule is O=C(N[C@H](Oc1ccccc1)C(Br)(Br)Br)c1ccccc1. The second-order valence-corrected chi connectivity index (χ2v) is 11.1. The maximum atomic E-state index is 12.2. The van der Waals surface area contributed by atoms with Crippen molar-refractivity contribution in [3.05, 3.63) is 66.2 Å². The second-order valence-electron chi connectivity index (χ2n) is 4.19. The molecule has 0 aliphatic rings. The van der Waals surface area contributed by atoms with Crippen molar-refractivity contribution >= 4 is 53.7 Å². The molecule has 0 unspecified atom stereocenters. The van der Waals surface area contributed by atoms with E-state index in [2.05, 4.69) is 53.1 Å². The molecule has 0 spiro atoms. The first-order valence-corrected chi connectivity index (χ1v) is 8.49. The van der Waals surface area contributed by atoms with Gasteiger partial charge in [0.25, 0.3) is 5.91 Å². The molecule has 2 aromatic carbocycles. The molecular formula is C15H12Br3NO2. The van der Waals surface area contributed by atoms with Gasteiger partial charge in [0, 0.05) is 5.56 Å². The zero-order valence-electron chi connectivity index (χ0n) is 10.8. The molecule has 0 saturated carbocycles. The minimum Gasteiger partial charge on any atom is -0.467 e. The fourth-order valence-corrected chi connectivity index (χ4v) is 2.23. The van der Waals surface area contributed by atoms with Crippen molar-refractivity contribution in [1.82, 2.24) is 5.32 Å². The molecule has 0 saturated heterocycles. The normalized spacial score (nSPS) is 12.5. The number of hydrogen-bond donors (Lipinski definition) is 1. The van der Waals surface area contributed by atoms with Gasteiger partial charge in [-0.25, -0.2) is 0 Å². The van der Waals surface area contributed by atoms with E-state index in [1.165, 1.54) is 0 Å². The zero-order chi connectivity index (χ0) is 15.3. The second kappa shape index (κ2) is 7.42. The lowest BCUT2D eigenvalue weighted by Gasteiger charge is -2.27. The van der Waals surface area contributed by atoms with Gasteiger partial charge in [0.2, 0.25) is 6.23 Å². The van der Waals surface area contributed by atoms with Crippen molar-refractivity contribution in [2.24, 2.45) is 0 Å². The quantitative estimate of drug-likeness (QED) is 0.514. The molecule has 21 heavy (non-hydrogen) atoms. The van der Waals surface area contributed by atoms with Crippen LogP contribution in [-0.2, 0) is 0 Å². The monoisotopic (exact) mass is 475 g/mol. The number of halogens is 3. The van der Waals surface area contributed by atoms with E-state index in [-0.39, 0.29) is 5.91 Å². The Kier molecular flexibility index (Phi) is 5.84. The van der Waals surface area contributed by atoms with Crippen molar-refractivity contribution in [3.63, 3.8) is 0 Å². The molecule has 1 amide bonds. The van der Waals surface area contributed by atoms with Crippen LogP contribution in [0, 0.1) is 0 Å². The first kappa shape index (κ1) is 16.5. The van der Waals surface area contributed by atoms with Crippen LogP contribution in [0.3, 0.4) is 0 Å². The van der Waals surface area contributed by atoms with Crippen LogP contribution < -0.4 is 10.1 Å². The molecular weight excluding hydrogens is 466 g/mol. The summed E-state index contributed by atoms with van der Waals surface area (Å²) in [6.07, 6.45) is -0.660. The van der Waals surface area contributed by atoms with Crippen molar-refractivity contribution < 1.29 is 9.53 Å². The molecule has 0 bridgehead atoms. The van der Waals surface area contributed by atoms with E-state index in [0.717, 1.165) is 0 Å². The summed E-state index contributed by atoms with van der Waals surface area (Å²) in [5.74, 6) is 0.429. The number of amides is 1. The fourth-order valence-electron chi connectivity index (χ4n) is 1.61. The highest BCUT2D eigenvalue weighted by Gasteiger charge is 2.34. The van der Waals surface area contributed by atoms with Crippen LogP contribution in [0.15, 0.2) is 60.7 Å². The van der Waals surface area contributed by atoms with Gasteiger partial charge in [-0.1, -0.05) is 84.2 Å². The third kappa shape index (κ3) is 5.13. The number of carbonyl (C=O) groups excluding carboxylic acids is 1. The van der Waals surface area contributed by atoms with Crippen molar-refractivity contribution in [2.45, 2.75) is 8.37 Å². The summed E-state index contributed by atoms with van der Waals surface area (Å²) < 4.78 is 5.01. The Labute approximate surface area is 148 Å². The summed E-state index contributed by atoms with van der Waals surface area (Å²) in [6, 6.07) is 18.2. The molecule has 110 valence electrons. The van der Waals surface area contributed by atoms with Crippen LogP contribution in [0.25, 0.3) is 0 Å². The number of rotatable bonds is 4. The van der Waals surface area contributed by atoms with Crippen LogP contribution in [-0.4, -0.2) is 14.3 Å². The molecule has 0 heterocycles.